The molecule has 4 nitrogen and oxygen atoms in total. The van der Waals surface area contributed by atoms with E-state index in [1.165, 1.54) is 4.31 Å². The number of hydrogen-bond acceptors (Lipinski definition) is 3. The second-order valence-corrected chi connectivity index (χ2v) is 10.7. The van der Waals surface area contributed by atoms with Crippen molar-refractivity contribution in [3.05, 3.63) is 84.9 Å². The molecule has 0 spiro atoms. The van der Waals surface area contributed by atoms with Crippen molar-refractivity contribution >= 4 is 56.4 Å². The third-order valence-electron chi connectivity index (χ3n) is 3.55. The Hall–Kier alpha value is -1.59. The van der Waals surface area contributed by atoms with Gasteiger partial charge in [0.25, 0.3) is 0 Å². The summed E-state index contributed by atoms with van der Waals surface area (Å²) in [5.74, 6) is 1.99. The Bertz CT molecular complexity index is 951. The molecule has 0 saturated carbocycles. The molecule has 3 rings (SSSR count). The molecule has 26 heavy (non-hydrogen) atoms. The number of benzene rings is 3. The summed E-state index contributed by atoms with van der Waals surface area (Å²) in [6.07, 6.45) is 0. The molecule has 0 aromatic heterocycles. The third-order valence-corrected chi connectivity index (χ3v) is 9.06. The van der Waals surface area contributed by atoms with Gasteiger partial charge in [-0.25, -0.2) is 0 Å². The van der Waals surface area contributed by atoms with E-state index in [2.05, 4.69) is 0 Å². The maximum absolute atomic E-state index is 13.5. The van der Waals surface area contributed by atoms with Gasteiger partial charge >= 0.3 is 168 Å². The van der Waals surface area contributed by atoms with Gasteiger partial charge in [-0.3, -0.25) is 0 Å². The van der Waals surface area contributed by atoms with Crippen LogP contribution < -0.4 is 8.77 Å². The van der Waals surface area contributed by atoms with Crippen LogP contribution in [0.1, 0.15) is 0 Å². The summed E-state index contributed by atoms with van der Waals surface area (Å²) in [4.78, 5) is 0.256. The van der Waals surface area contributed by atoms with E-state index in [1.807, 2.05) is 48.3 Å². The third kappa shape index (κ3) is 4.21. The zero-order chi connectivity index (χ0) is 18.4. The average Bonchev–Trinajstić information content (AvgIpc) is 2.69. The summed E-state index contributed by atoms with van der Waals surface area (Å²) in [6.45, 7) is 0. The fourth-order valence-corrected chi connectivity index (χ4v) is 6.73. The van der Waals surface area contributed by atoms with E-state index in [9.17, 15) is 8.42 Å². The summed E-state index contributed by atoms with van der Waals surface area (Å²) in [5.41, 5.74) is 1.23. The number of para-hydroxylation sites is 2. The molecule has 0 unspecified atom stereocenters. The molecule has 0 aliphatic carbocycles. The van der Waals surface area contributed by atoms with Crippen molar-refractivity contribution in [1.82, 2.24) is 0 Å². The van der Waals surface area contributed by atoms with E-state index in [0.717, 1.165) is 4.46 Å². The molecular formula is C19H17NO3SSe2. The number of hydrogen-bond donors (Lipinski definition) is 0. The van der Waals surface area contributed by atoms with Gasteiger partial charge in [0, 0.05) is 0 Å². The Labute approximate surface area is 167 Å². The predicted molar refractivity (Wildman–Crippen MR) is 107 cm³/mol. The summed E-state index contributed by atoms with van der Waals surface area (Å²) < 4.78 is 34.9. The van der Waals surface area contributed by atoms with Crippen LogP contribution in [0.25, 0.3) is 0 Å². The van der Waals surface area contributed by atoms with Gasteiger partial charge in [-0.2, -0.15) is 0 Å². The summed E-state index contributed by atoms with van der Waals surface area (Å²) in [5, 5.41) is 0. The first kappa shape index (κ1) is 19.2. The first-order valence-electron chi connectivity index (χ1n) is 7.76. The van der Waals surface area contributed by atoms with Gasteiger partial charge in [-0.05, 0) is 0 Å². The maximum atomic E-state index is 13.5. The Morgan fingerprint density at radius 2 is 1.38 bits per heavy atom. The van der Waals surface area contributed by atoms with Gasteiger partial charge in [-0.1, -0.05) is 0 Å². The Morgan fingerprint density at radius 3 is 2.04 bits per heavy atom. The van der Waals surface area contributed by atoms with E-state index < -0.39 is 10.0 Å². The molecule has 0 bridgehead atoms. The van der Waals surface area contributed by atoms with Gasteiger partial charge in [0.15, 0.2) is 0 Å². The molecule has 0 amide bonds. The van der Waals surface area contributed by atoms with Crippen LogP contribution >= 0.6 is 0 Å². The Balaban J connectivity index is 2.18. The average molecular weight is 497 g/mol. The van der Waals surface area contributed by atoms with E-state index in [0.29, 0.717) is 11.4 Å². The second kappa shape index (κ2) is 8.87. The predicted octanol–water partition coefficient (Wildman–Crippen LogP) is 3.14. The van der Waals surface area contributed by atoms with Gasteiger partial charge in [0.1, 0.15) is 0 Å². The van der Waals surface area contributed by atoms with Gasteiger partial charge in [0.05, 0.1) is 0 Å². The number of sulfonamides is 1. The van der Waals surface area contributed by atoms with E-state index >= 15 is 0 Å². The van der Waals surface area contributed by atoms with E-state index in [1.54, 1.807) is 42.5 Å². The van der Waals surface area contributed by atoms with Crippen molar-refractivity contribution in [2.75, 3.05) is 4.31 Å². The SMILES string of the molecule is C[Se]O[Se]c1ccccc1N(c1ccccc1)S(=O)(=O)c1ccccc1. The van der Waals surface area contributed by atoms with Crippen LogP contribution in [0.3, 0.4) is 0 Å². The fraction of sp³-hybridized carbons (Fsp3) is 0.0526. The quantitative estimate of drug-likeness (QED) is 0.472. The molecule has 0 atom stereocenters. The van der Waals surface area contributed by atoms with Crippen molar-refractivity contribution in [1.29, 1.82) is 0 Å². The minimum atomic E-state index is -3.76. The van der Waals surface area contributed by atoms with E-state index in [-0.39, 0.29) is 35.5 Å². The molecule has 0 saturated heterocycles. The van der Waals surface area contributed by atoms with Crippen LogP contribution in [-0.2, 0) is 12.9 Å². The molecule has 0 fully saturated rings. The molecule has 0 heterocycles. The molecular weight excluding hydrogens is 480 g/mol. The second-order valence-electron chi connectivity index (χ2n) is 5.20. The van der Waals surface area contributed by atoms with Crippen LogP contribution in [0.5, 0.6) is 0 Å². The zero-order valence-electron chi connectivity index (χ0n) is 14.0. The number of rotatable bonds is 7. The first-order valence-corrected chi connectivity index (χ1v) is 13.2. The molecule has 3 aromatic rings. The summed E-state index contributed by atoms with van der Waals surface area (Å²) in [6, 6.07) is 25.2. The van der Waals surface area contributed by atoms with Crippen molar-refractivity contribution in [3.8, 4) is 0 Å². The minimum absolute atomic E-state index is 0.0724. The summed E-state index contributed by atoms with van der Waals surface area (Å²) >= 11 is -0.173. The standard InChI is InChI=1S/C19H17NO3SSe2/c1-25-23-26-19-15-9-8-14-18(19)20(16-10-4-2-5-11-16)24(21,22)17-12-6-3-7-13-17/h2-15H,1H3. The monoisotopic (exact) mass is 499 g/mol. The molecule has 0 radical (unpaired) electrons. The topological polar surface area (TPSA) is 46.6 Å². The number of anilines is 2. The molecule has 3 aromatic carbocycles. The van der Waals surface area contributed by atoms with Crippen molar-refractivity contribution in [2.24, 2.45) is 0 Å². The van der Waals surface area contributed by atoms with Crippen LogP contribution in [0.2, 0.25) is 5.82 Å². The molecule has 0 N–H and O–H groups in total. The molecule has 0 aliphatic rings. The molecule has 0 aliphatic heterocycles. The zero-order valence-corrected chi connectivity index (χ0v) is 18.2. The van der Waals surface area contributed by atoms with Crippen LogP contribution in [0, 0.1) is 0 Å². The van der Waals surface area contributed by atoms with E-state index in [4.69, 9.17) is 2.90 Å². The van der Waals surface area contributed by atoms with Gasteiger partial charge in [0.2, 0.25) is 0 Å². The molecule has 7 heteroatoms. The Kier molecular flexibility index (Phi) is 6.54. The fourth-order valence-electron chi connectivity index (χ4n) is 2.43. The van der Waals surface area contributed by atoms with Crippen molar-refractivity contribution < 1.29 is 11.3 Å². The number of nitrogens with zero attached hydrogens (tertiary/aromatic N) is 1. The Morgan fingerprint density at radius 1 is 0.808 bits per heavy atom. The van der Waals surface area contributed by atoms with Crippen molar-refractivity contribution in [2.45, 2.75) is 10.7 Å². The van der Waals surface area contributed by atoms with Crippen LogP contribution in [0.4, 0.5) is 11.4 Å². The first-order chi connectivity index (χ1) is 12.6. The van der Waals surface area contributed by atoms with Gasteiger partial charge in [-0.15, -0.1) is 0 Å². The van der Waals surface area contributed by atoms with Gasteiger partial charge < -0.3 is 0 Å². The van der Waals surface area contributed by atoms with Crippen molar-refractivity contribution in [3.63, 3.8) is 0 Å². The summed E-state index contributed by atoms with van der Waals surface area (Å²) in [7, 11) is -3.76. The molecule has 134 valence electrons. The van der Waals surface area contributed by atoms with Crippen LogP contribution in [0.15, 0.2) is 89.8 Å². The van der Waals surface area contributed by atoms with Crippen LogP contribution in [-0.4, -0.2) is 39.0 Å². The normalized spacial score (nSPS) is 11.3.